The van der Waals surface area contributed by atoms with E-state index in [-0.39, 0.29) is 11.7 Å². The zero-order valence-corrected chi connectivity index (χ0v) is 25.9. The van der Waals surface area contributed by atoms with Crippen LogP contribution in [-0.2, 0) is 4.74 Å². The lowest BCUT2D eigenvalue weighted by Crippen LogP contribution is -2.29. The first kappa shape index (κ1) is 42.9. The van der Waals surface area contributed by atoms with Gasteiger partial charge >= 0.3 is 0 Å². The number of methoxy groups -OCH3 is 1. The molecule has 0 amide bonds. The van der Waals surface area contributed by atoms with Crippen LogP contribution in [0.2, 0.25) is 0 Å². The summed E-state index contributed by atoms with van der Waals surface area (Å²) in [5.41, 5.74) is -0.958. The quantitative estimate of drug-likeness (QED) is 0.344. The Hall–Kier alpha value is -0.200. The fourth-order valence-corrected chi connectivity index (χ4v) is 0.236. The molecule has 5 heteroatoms. The molecule has 5 nitrogen and oxygen atoms in total. The third kappa shape index (κ3) is 39.3. The molecule has 0 aromatic heterocycles. The van der Waals surface area contributed by atoms with Gasteiger partial charge in [-0.2, -0.15) is 0 Å². The SMILES string of the molecule is CC(C)C(C)(C)O.CC(C)C(C)(C)O.CC(C)C(C)O.CC(C)CO.COC(C)(C)C(C)C. The van der Waals surface area contributed by atoms with Crippen LogP contribution in [0.1, 0.15) is 118 Å². The molecule has 0 saturated carbocycles. The first-order chi connectivity index (χ1) is 14.3. The van der Waals surface area contributed by atoms with Crippen LogP contribution in [-0.4, -0.2) is 57.0 Å². The monoisotopic (exact) mass is 482 g/mol. The minimum Gasteiger partial charge on any atom is -0.396 e. The van der Waals surface area contributed by atoms with Crippen molar-refractivity contribution in [1.29, 1.82) is 0 Å². The summed E-state index contributed by atoms with van der Waals surface area (Å²) in [6.45, 7) is 33.8. The second-order valence-corrected chi connectivity index (χ2v) is 12.1. The summed E-state index contributed by atoms with van der Waals surface area (Å²) in [7, 11) is 1.75. The largest absolute Gasteiger partial charge is 0.396 e. The molecular weight excluding hydrogens is 416 g/mol. The third-order valence-electron chi connectivity index (χ3n) is 6.07. The highest BCUT2D eigenvalue weighted by atomic mass is 16.5. The van der Waals surface area contributed by atoms with Crippen LogP contribution in [0.5, 0.6) is 0 Å². The summed E-state index contributed by atoms with van der Waals surface area (Å²) in [6.07, 6.45) is -0.148. The van der Waals surface area contributed by atoms with Gasteiger partial charge in [0.15, 0.2) is 0 Å². The Bertz CT molecular complexity index is 360. The Balaban J connectivity index is -0.0000000998. The van der Waals surface area contributed by atoms with Gasteiger partial charge in [-0.1, -0.05) is 69.2 Å². The average molecular weight is 483 g/mol. The Morgan fingerprint density at radius 3 is 0.788 bits per heavy atom. The molecule has 0 fully saturated rings. The van der Waals surface area contributed by atoms with Crippen molar-refractivity contribution in [2.24, 2.45) is 29.6 Å². The molecule has 0 bridgehead atoms. The molecule has 208 valence electrons. The number of rotatable bonds is 6. The van der Waals surface area contributed by atoms with E-state index in [2.05, 4.69) is 27.7 Å². The van der Waals surface area contributed by atoms with Crippen LogP contribution in [0, 0.1) is 29.6 Å². The van der Waals surface area contributed by atoms with Crippen LogP contribution >= 0.6 is 0 Å². The minimum absolute atomic E-state index is 0.0417. The maximum absolute atomic E-state index is 9.09. The second kappa shape index (κ2) is 21.1. The van der Waals surface area contributed by atoms with Crippen molar-refractivity contribution in [2.75, 3.05) is 13.7 Å². The van der Waals surface area contributed by atoms with Gasteiger partial charge in [-0.05, 0) is 78.1 Å². The Labute approximate surface area is 209 Å². The van der Waals surface area contributed by atoms with E-state index in [9.17, 15) is 0 Å². The molecule has 0 spiro atoms. The highest BCUT2D eigenvalue weighted by Gasteiger charge is 2.20. The van der Waals surface area contributed by atoms with Crippen LogP contribution in [0.4, 0.5) is 0 Å². The van der Waals surface area contributed by atoms with Crippen molar-refractivity contribution in [1.82, 2.24) is 0 Å². The summed E-state index contributed by atoms with van der Waals surface area (Å²) >= 11 is 0. The van der Waals surface area contributed by atoms with Crippen molar-refractivity contribution in [3.63, 3.8) is 0 Å². The maximum Gasteiger partial charge on any atom is 0.0645 e. The molecular formula is C28H66O5. The van der Waals surface area contributed by atoms with Gasteiger partial charge < -0.3 is 25.2 Å². The van der Waals surface area contributed by atoms with Gasteiger partial charge in [0.1, 0.15) is 0 Å². The molecule has 0 heterocycles. The molecule has 0 aliphatic rings. The van der Waals surface area contributed by atoms with Crippen LogP contribution in [0.15, 0.2) is 0 Å². The van der Waals surface area contributed by atoms with E-state index < -0.39 is 11.2 Å². The predicted molar refractivity (Wildman–Crippen MR) is 147 cm³/mol. The van der Waals surface area contributed by atoms with Crippen molar-refractivity contribution in [3.8, 4) is 0 Å². The Kier molecular flexibility index (Phi) is 27.5. The highest BCUT2D eigenvalue weighted by Crippen LogP contribution is 2.18. The van der Waals surface area contributed by atoms with E-state index in [1.54, 1.807) is 14.0 Å². The first-order valence-electron chi connectivity index (χ1n) is 12.6. The zero-order valence-electron chi connectivity index (χ0n) is 25.9. The van der Waals surface area contributed by atoms with E-state index in [0.717, 1.165) is 0 Å². The fourth-order valence-electron chi connectivity index (χ4n) is 0.236. The van der Waals surface area contributed by atoms with Crippen LogP contribution in [0.3, 0.4) is 0 Å². The summed E-state index contributed by atoms with van der Waals surface area (Å²) in [6, 6.07) is 0. The number of ether oxygens (including phenoxy) is 1. The standard InChI is InChI=1S/C7H16O.2C6H14O.C5H12O.C4H10O/c1-6(2)7(3,4)8-5;2*1-5(2)6(3,4)7;1-4(2)5(3)6;1-4(2)3-5/h6H,1-5H3;2*5,7H,1-4H3;4-6H,1-3H3;4-5H,3H2,1-2H3. The van der Waals surface area contributed by atoms with Gasteiger partial charge in [0.2, 0.25) is 0 Å². The van der Waals surface area contributed by atoms with Gasteiger partial charge in [0.25, 0.3) is 0 Å². The van der Waals surface area contributed by atoms with Gasteiger partial charge in [0.05, 0.1) is 22.9 Å². The Morgan fingerprint density at radius 1 is 0.606 bits per heavy atom. The van der Waals surface area contributed by atoms with Crippen molar-refractivity contribution in [3.05, 3.63) is 0 Å². The lowest BCUT2D eigenvalue weighted by Gasteiger charge is -2.26. The van der Waals surface area contributed by atoms with Gasteiger partial charge in [-0.3, -0.25) is 0 Å². The van der Waals surface area contributed by atoms with Crippen molar-refractivity contribution in [2.45, 2.75) is 141 Å². The van der Waals surface area contributed by atoms with E-state index >= 15 is 0 Å². The average Bonchev–Trinajstić information content (AvgIpc) is 2.61. The van der Waals surface area contributed by atoms with Crippen molar-refractivity contribution >= 4 is 0 Å². The van der Waals surface area contributed by atoms with Crippen LogP contribution < -0.4 is 0 Å². The summed E-state index contributed by atoms with van der Waals surface area (Å²) in [5.74, 6) is 2.15. The van der Waals surface area contributed by atoms with Gasteiger partial charge in [-0.25, -0.2) is 0 Å². The van der Waals surface area contributed by atoms with Gasteiger partial charge in [-0.15, -0.1) is 0 Å². The van der Waals surface area contributed by atoms with Crippen LogP contribution in [0.25, 0.3) is 0 Å². The first-order valence-corrected chi connectivity index (χ1v) is 12.6. The molecule has 0 aliphatic heterocycles. The molecule has 0 aromatic rings. The zero-order chi connectivity index (χ0) is 28.4. The molecule has 33 heavy (non-hydrogen) atoms. The Morgan fingerprint density at radius 2 is 0.788 bits per heavy atom. The second-order valence-electron chi connectivity index (χ2n) is 12.1. The molecule has 1 atom stereocenters. The summed E-state index contributed by atoms with van der Waals surface area (Å²) in [4.78, 5) is 0. The molecule has 0 rings (SSSR count). The van der Waals surface area contributed by atoms with E-state index in [1.807, 2.05) is 83.1 Å². The van der Waals surface area contributed by atoms with Crippen molar-refractivity contribution < 1.29 is 25.2 Å². The lowest BCUT2D eigenvalue weighted by atomic mass is 9.95. The number of hydrogen-bond donors (Lipinski definition) is 4. The molecule has 0 radical (unpaired) electrons. The summed E-state index contributed by atoms with van der Waals surface area (Å²) < 4.78 is 5.20. The number of aliphatic hydroxyl groups excluding tert-OH is 2. The predicted octanol–water partition coefficient (Wildman–Crippen LogP) is 6.55. The molecule has 0 aromatic carbocycles. The summed E-state index contributed by atoms with van der Waals surface area (Å²) in [5, 5.41) is 35.0. The fraction of sp³-hybridized carbons (Fsp3) is 1.00. The highest BCUT2D eigenvalue weighted by molar-refractivity contribution is 4.71. The lowest BCUT2D eigenvalue weighted by molar-refractivity contribution is -0.0157. The number of aliphatic hydroxyl groups is 4. The minimum atomic E-state index is -0.500. The van der Waals surface area contributed by atoms with E-state index in [0.29, 0.717) is 36.2 Å². The maximum atomic E-state index is 9.09. The third-order valence-corrected chi connectivity index (χ3v) is 6.07. The molecule has 0 aliphatic carbocycles. The van der Waals surface area contributed by atoms with E-state index in [4.69, 9.17) is 25.2 Å². The van der Waals surface area contributed by atoms with E-state index in [1.165, 1.54) is 0 Å². The molecule has 4 N–H and O–H groups in total. The topological polar surface area (TPSA) is 90.2 Å². The van der Waals surface area contributed by atoms with Gasteiger partial charge in [0, 0.05) is 13.7 Å². The smallest absolute Gasteiger partial charge is 0.0645 e. The normalized spacial score (nSPS) is 12.8. The molecule has 0 saturated heterocycles. The number of hydrogen-bond acceptors (Lipinski definition) is 5. The molecule has 1 unspecified atom stereocenters.